The number of halogens is 1. The Labute approximate surface area is 173 Å². The summed E-state index contributed by atoms with van der Waals surface area (Å²) in [5, 5.41) is 0. The molecule has 0 spiro atoms. The van der Waals surface area contributed by atoms with Crippen LogP contribution in [0.5, 0.6) is 0 Å². The number of carbonyl (C=O) groups is 1. The van der Waals surface area contributed by atoms with Crippen molar-refractivity contribution in [3.05, 3.63) is 70.9 Å². The van der Waals surface area contributed by atoms with E-state index in [4.69, 9.17) is 12.2 Å². The van der Waals surface area contributed by atoms with Gasteiger partial charge in [0.25, 0.3) is 5.91 Å². The Hall–Kier alpha value is -2.22. The highest BCUT2D eigenvalue weighted by Gasteiger charge is 2.33. The van der Waals surface area contributed by atoms with Crippen molar-refractivity contribution in [3.63, 3.8) is 0 Å². The van der Waals surface area contributed by atoms with Gasteiger partial charge >= 0.3 is 0 Å². The number of hydrogen-bond donors (Lipinski definition) is 0. The van der Waals surface area contributed by atoms with Crippen molar-refractivity contribution < 1.29 is 9.18 Å². The number of benzene rings is 2. The summed E-state index contributed by atoms with van der Waals surface area (Å²) < 4.78 is 13.6. The molecule has 4 nitrogen and oxygen atoms in total. The molecule has 0 aromatic heterocycles. The van der Waals surface area contributed by atoms with Crippen molar-refractivity contribution in [1.82, 2.24) is 9.80 Å². The van der Waals surface area contributed by atoms with E-state index in [9.17, 15) is 9.18 Å². The number of rotatable bonds is 4. The number of piperazine rings is 1. The smallest absolute Gasteiger partial charge is 0.267 e. The molecule has 2 aliphatic heterocycles. The van der Waals surface area contributed by atoms with Crippen LogP contribution in [0.25, 0.3) is 6.08 Å². The lowest BCUT2D eigenvalue weighted by Crippen LogP contribution is -2.50. The van der Waals surface area contributed by atoms with Gasteiger partial charge in [0.2, 0.25) is 0 Å². The second kappa shape index (κ2) is 8.43. The standard InChI is InChI=1S/C21H20FN3OS2/c22-17-8-6-16(7-9-17)14-19-20(26)25(21(27)28-19)15-23-10-12-24(13-11-23)18-4-2-1-3-5-18/h1-9,14H,10-13,15H2/b19-14-. The van der Waals surface area contributed by atoms with Gasteiger partial charge < -0.3 is 4.90 Å². The predicted molar refractivity (Wildman–Crippen MR) is 117 cm³/mol. The molecule has 0 N–H and O–H groups in total. The number of para-hydroxylation sites is 1. The number of thiocarbonyl (C=S) groups is 1. The molecule has 2 fully saturated rings. The summed E-state index contributed by atoms with van der Waals surface area (Å²) in [5.74, 6) is -0.371. The molecule has 2 saturated heterocycles. The second-order valence-corrected chi connectivity index (χ2v) is 8.42. The van der Waals surface area contributed by atoms with Gasteiger partial charge in [-0.2, -0.15) is 0 Å². The van der Waals surface area contributed by atoms with Crippen molar-refractivity contribution in [2.45, 2.75) is 0 Å². The summed E-state index contributed by atoms with van der Waals surface area (Å²) in [5.41, 5.74) is 2.02. The van der Waals surface area contributed by atoms with E-state index in [1.54, 1.807) is 23.1 Å². The van der Waals surface area contributed by atoms with E-state index in [0.29, 0.717) is 15.9 Å². The van der Waals surface area contributed by atoms with Crippen LogP contribution >= 0.6 is 24.0 Å². The molecule has 1 amide bonds. The quantitative estimate of drug-likeness (QED) is 0.561. The Morgan fingerprint density at radius 1 is 1.00 bits per heavy atom. The number of hydrogen-bond acceptors (Lipinski definition) is 5. The fourth-order valence-corrected chi connectivity index (χ4v) is 4.56. The largest absolute Gasteiger partial charge is 0.369 e. The summed E-state index contributed by atoms with van der Waals surface area (Å²) in [7, 11) is 0. The first-order valence-electron chi connectivity index (χ1n) is 9.13. The zero-order chi connectivity index (χ0) is 19.5. The van der Waals surface area contributed by atoms with Crippen LogP contribution in [0.3, 0.4) is 0 Å². The lowest BCUT2D eigenvalue weighted by molar-refractivity contribution is -0.123. The molecule has 2 aromatic carbocycles. The van der Waals surface area contributed by atoms with Gasteiger partial charge in [-0.15, -0.1) is 0 Å². The van der Waals surface area contributed by atoms with Gasteiger partial charge in [0.15, 0.2) is 0 Å². The molecule has 2 heterocycles. The molecular weight excluding hydrogens is 393 g/mol. The van der Waals surface area contributed by atoms with Crippen LogP contribution in [0, 0.1) is 5.82 Å². The predicted octanol–water partition coefficient (Wildman–Crippen LogP) is 3.81. The van der Waals surface area contributed by atoms with Crippen LogP contribution in [0.1, 0.15) is 5.56 Å². The molecule has 0 saturated carbocycles. The maximum Gasteiger partial charge on any atom is 0.267 e. The molecule has 0 radical (unpaired) electrons. The van der Waals surface area contributed by atoms with Gasteiger partial charge in [-0.3, -0.25) is 14.6 Å². The molecule has 2 aliphatic rings. The lowest BCUT2D eigenvalue weighted by Gasteiger charge is -2.37. The van der Waals surface area contributed by atoms with Crippen molar-refractivity contribution in [2.24, 2.45) is 0 Å². The summed E-state index contributed by atoms with van der Waals surface area (Å²) in [6, 6.07) is 16.5. The minimum atomic E-state index is -0.292. The summed E-state index contributed by atoms with van der Waals surface area (Å²) in [6.45, 7) is 4.11. The molecule has 0 aliphatic carbocycles. The van der Waals surface area contributed by atoms with Crippen LogP contribution in [-0.2, 0) is 4.79 Å². The molecule has 0 bridgehead atoms. The van der Waals surface area contributed by atoms with E-state index in [0.717, 1.165) is 31.7 Å². The van der Waals surface area contributed by atoms with Crippen LogP contribution in [-0.4, -0.2) is 52.9 Å². The Morgan fingerprint density at radius 3 is 2.36 bits per heavy atom. The van der Waals surface area contributed by atoms with E-state index in [2.05, 4.69) is 34.1 Å². The van der Waals surface area contributed by atoms with E-state index < -0.39 is 0 Å². The van der Waals surface area contributed by atoms with Crippen molar-refractivity contribution in [1.29, 1.82) is 0 Å². The van der Waals surface area contributed by atoms with Crippen LogP contribution < -0.4 is 4.90 Å². The van der Waals surface area contributed by atoms with Crippen LogP contribution in [0.4, 0.5) is 10.1 Å². The summed E-state index contributed by atoms with van der Waals surface area (Å²) >= 11 is 6.73. The Balaban J connectivity index is 1.37. The number of thioether (sulfide) groups is 1. The third-order valence-corrected chi connectivity index (χ3v) is 6.25. The zero-order valence-electron chi connectivity index (χ0n) is 15.3. The van der Waals surface area contributed by atoms with Gasteiger partial charge in [-0.05, 0) is 35.9 Å². The monoisotopic (exact) mass is 413 g/mol. The van der Waals surface area contributed by atoms with Gasteiger partial charge in [0.1, 0.15) is 10.1 Å². The third kappa shape index (κ3) is 4.27. The fourth-order valence-electron chi connectivity index (χ4n) is 3.32. The first-order valence-corrected chi connectivity index (χ1v) is 10.4. The SMILES string of the molecule is O=C1/C(=C/c2ccc(F)cc2)SC(=S)N1CN1CCN(c2ccccc2)CC1. The van der Waals surface area contributed by atoms with Crippen LogP contribution in [0.2, 0.25) is 0 Å². The Morgan fingerprint density at radius 2 is 1.68 bits per heavy atom. The Bertz CT molecular complexity index is 894. The van der Waals surface area contributed by atoms with E-state index in [1.165, 1.54) is 29.6 Å². The molecule has 0 atom stereocenters. The third-order valence-electron chi connectivity index (χ3n) is 4.88. The molecular formula is C21H20FN3OS2. The van der Waals surface area contributed by atoms with Gasteiger partial charge in [-0.25, -0.2) is 4.39 Å². The maximum absolute atomic E-state index is 13.1. The van der Waals surface area contributed by atoms with Gasteiger partial charge in [0, 0.05) is 31.9 Å². The number of anilines is 1. The zero-order valence-corrected chi connectivity index (χ0v) is 16.9. The minimum Gasteiger partial charge on any atom is -0.369 e. The summed E-state index contributed by atoms with van der Waals surface area (Å²) in [6.07, 6.45) is 1.77. The van der Waals surface area contributed by atoms with Crippen molar-refractivity contribution in [3.8, 4) is 0 Å². The lowest BCUT2D eigenvalue weighted by atomic mass is 10.2. The highest BCUT2D eigenvalue weighted by molar-refractivity contribution is 8.26. The number of nitrogens with zero attached hydrogens (tertiary/aromatic N) is 3. The molecule has 4 rings (SSSR count). The van der Waals surface area contributed by atoms with E-state index in [-0.39, 0.29) is 11.7 Å². The highest BCUT2D eigenvalue weighted by Crippen LogP contribution is 2.32. The van der Waals surface area contributed by atoms with E-state index in [1.807, 2.05) is 6.07 Å². The number of carbonyl (C=O) groups excluding carboxylic acids is 1. The van der Waals surface area contributed by atoms with E-state index >= 15 is 0 Å². The average molecular weight is 414 g/mol. The molecule has 7 heteroatoms. The molecule has 144 valence electrons. The molecule has 2 aromatic rings. The average Bonchev–Trinajstić information content (AvgIpc) is 2.98. The minimum absolute atomic E-state index is 0.0789. The maximum atomic E-state index is 13.1. The molecule has 28 heavy (non-hydrogen) atoms. The Kier molecular flexibility index (Phi) is 5.75. The second-order valence-electron chi connectivity index (χ2n) is 6.74. The summed E-state index contributed by atoms with van der Waals surface area (Å²) in [4.78, 5) is 19.6. The fraction of sp³-hybridized carbons (Fsp3) is 0.238. The van der Waals surface area contributed by atoms with Crippen molar-refractivity contribution >= 4 is 46.0 Å². The normalized spacial score (nSPS) is 19.7. The van der Waals surface area contributed by atoms with Gasteiger partial charge in [-0.1, -0.05) is 54.3 Å². The van der Waals surface area contributed by atoms with Crippen molar-refractivity contribution in [2.75, 3.05) is 37.7 Å². The van der Waals surface area contributed by atoms with Gasteiger partial charge in [0.05, 0.1) is 11.6 Å². The highest BCUT2D eigenvalue weighted by atomic mass is 32.2. The first-order chi connectivity index (χ1) is 13.6. The number of amides is 1. The topological polar surface area (TPSA) is 26.8 Å². The molecule has 0 unspecified atom stereocenters. The van der Waals surface area contributed by atoms with Crippen LogP contribution in [0.15, 0.2) is 59.5 Å². The first kappa shape index (κ1) is 19.1.